The fourth-order valence-electron chi connectivity index (χ4n) is 2.51. The zero-order valence-corrected chi connectivity index (χ0v) is 12.2. The van der Waals surface area contributed by atoms with Crippen molar-refractivity contribution in [2.75, 3.05) is 13.2 Å². The van der Waals surface area contributed by atoms with Crippen LogP contribution in [0.3, 0.4) is 0 Å². The van der Waals surface area contributed by atoms with Crippen molar-refractivity contribution in [3.63, 3.8) is 0 Å². The van der Waals surface area contributed by atoms with Crippen LogP contribution in [0.25, 0.3) is 0 Å². The van der Waals surface area contributed by atoms with E-state index in [0.29, 0.717) is 6.54 Å². The Bertz CT molecular complexity index is 460. The van der Waals surface area contributed by atoms with Crippen molar-refractivity contribution in [2.45, 2.75) is 45.1 Å². The minimum absolute atomic E-state index is 0.0672. The maximum atomic E-state index is 11.6. The first kappa shape index (κ1) is 14.9. The third kappa shape index (κ3) is 3.97. The molecule has 2 rings (SSSR count). The van der Waals surface area contributed by atoms with Crippen LogP contribution in [-0.4, -0.2) is 19.1 Å². The summed E-state index contributed by atoms with van der Waals surface area (Å²) >= 11 is 0. The first-order chi connectivity index (χ1) is 9.70. The van der Waals surface area contributed by atoms with Gasteiger partial charge in [0, 0.05) is 12.6 Å². The molecule has 1 amide bonds. The summed E-state index contributed by atoms with van der Waals surface area (Å²) in [6, 6.07) is 6.08. The van der Waals surface area contributed by atoms with Gasteiger partial charge in [0.25, 0.3) is 5.91 Å². The van der Waals surface area contributed by atoms with Crippen molar-refractivity contribution >= 4 is 5.91 Å². The number of rotatable bonds is 6. The average molecular weight is 276 g/mol. The lowest BCUT2D eigenvalue weighted by Crippen LogP contribution is -2.29. The highest BCUT2D eigenvalue weighted by Crippen LogP contribution is 2.30. The normalized spacial score (nSPS) is 17.4. The van der Waals surface area contributed by atoms with Gasteiger partial charge in [-0.15, -0.1) is 0 Å². The summed E-state index contributed by atoms with van der Waals surface area (Å²) in [5.74, 6) is 0.659. The predicted molar refractivity (Wildman–Crippen MR) is 79.7 cm³/mol. The van der Waals surface area contributed by atoms with Crippen LogP contribution in [0.1, 0.15) is 49.8 Å². The number of benzene rings is 1. The highest BCUT2D eigenvalue weighted by atomic mass is 16.5. The summed E-state index contributed by atoms with van der Waals surface area (Å²) < 4.78 is 5.55. The van der Waals surface area contributed by atoms with Gasteiger partial charge in [-0.1, -0.05) is 19.4 Å². The molecule has 4 heteroatoms. The van der Waals surface area contributed by atoms with E-state index in [9.17, 15) is 4.79 Å². The van der Waals surface area contributed by atoms with Crippen LogP contribution in [0.2, 0.25) is 0 Å². The van der Waals surface area contributed by atoms with E-state index >= 15 is 0 Å². The quantitative estimate of drug-likeness (QED) is 0.784. The molecule has 110 valence electrons. The molecule has 0 aliphatic heterocycles. The first-order valence-electron chi connectivity index (χ1n) is 7.48. The molecule has 1 aliphatic carbocycles. The standard InChI is InChI=1S/C16H24N2O2/c1-2-3-9-18-16(19)11-20-13-8-7-12-5-4-6-15(17)14(12)10-13/h7-8,10,15H,2-6,9,11,17H2,1H3,(H,18,19)/t15-/m1/s1. The summed E-state index contributed by atoms with van der Waals surface area (Å²) in [5.41, 5.74) is 8.59. The van der Waals surface area contributed by atoms with Crippen molar-refractivity contribution in [1.82, 2.24) is 5.32 Å². The fourth-order valence-corrected chi connectivity index (χ4v) is 2.51. The van der Waals surface area contributed by atoms with Crippen molar-refractivity contribution in [2.24, 2.45) is 5.73 Å². The molecule has 0 saturated heterocycles. The molecule has 1 aromatic rings. The molecule has 1 aliphatic rings. The van der Waals surface area contributed by atoms with Gasteiger partial charge in [-0.05, 0) is 48.9 Å². The van der Waals surface area contributed by atoms with Gasteiger partial charge in [-0.2, -0.15) is 0 Å². The van der Waals surface area contributed by atoms with Gasteiger partial charge in [0.1, 0.15) is 5.75 Å². The Morgan fingerprint density at radius 3 is 3.15 bits per heavy atom. The lowest BCUT2D eigenvalue weighted by Gasteiger charge is -2.22. The van der Waals surface area contributed by atoms with Crippen molar-refractivity contribution in [1.29, 1.82) is 0 Å². The molecule has 3 N–H and O–H groups in total. The molecule has 0 heterocycles. The minimum Gasteiger partial charge on any atom is -0.484 e. The highest BCUT2D eigenvalue weighted by molar-refractivity contribution is 5.77. The van der Waals surface area contributed by atoms with Crippen molar-refractivity contribution < 1.29 is 9.53 Å². The van der Waals surface area contributed by atoms with E-state index < -0.39 is 0 Å². The van der Waals surface area contributed by atoms with Crippen molar-refractivity contribution in [3.05, 3.63) is 29.3 Å². The van der Waals surface area contributed by atoms with Crippen LogP contribution >= 0.6 is 0 Å². The van der Waals surface area contributed by atoms with E-state index in [1.54, 1.807) is 0 Å². The van der Waals surface area contributed by atoms with Crippen molar-refractivity contribution in [3.8, 4) is 5.75 Å². The second-order valence-corrected chi connectivity index (χ2v) is 5.35. The monoisotopic (exact) mass is 276 g/mol. The molecular weight excluding hydrogens is 252 g/mol. The second-order valence-electron chi connectivity index (χ2n) is 5.35. The van der Waals surface area contributed by atoms with Gasteiger partial charge in [0.2, 0.25) is 0 Å². The number of nitrogens with two attached hydrogens (primary N) is 1. The van der Waals surface area contributed by atoms with Crippen LogP contribution in [-0.2, 0) is 11.2 Å². The van der Waals surface area contributed by atoms with E-state index in [0.717, 1.165) is 37.9 Å². The predicted octanol–water partition coefficient (Wildman–Crippen LogP) is 2.32. The van der Waals surface area contributed by atoms with E-state index in [2.05, 4.69) is 18.3 Å². The molecular formula is C16H24N2O2. The third-order valence-corrected chi connectivity index (χ3v) is 3.70. The summed E-state index contributed by atoms with van der Waals surface area (Å²) in [6.07, 6.45) is 5.33. The van der Waals surface area contributed by atoms with Crippen LogP contribution < -0.4 is 15.8 Å². The lowest BCUT2D eigenvalue weighted by molar-refractivity contribution is -0.123. The topological polar surface area (TPSA) is 64.3 Å². The molecule has 0 radical (unpaired) electrons. The smallest absolute Gasteiger partial charge is 0.257 e. The van der Waals surface area contributed by atoms with E-state index in [1.165, 1.54) is 11.1 Å². The highest BCUT2D eigenvalue weighted by Gasteiger charge is 2.17. The summed E-state index contributed by atoms with van der Waals surface area (Å²) in [4.78, 5) is 11.6. The van der Waals surface area contributed by atoms with E-state index in [4.69, 9.17) is 10.5 Å². The van der Waals surface area contributed by atoms with Gasteiger partial charge < -0.3 is 15.8 Å². The molecule has 0 saturated carbocycles. The molecule has 0 aromatic heterocycles. The summed E-state index contributed by atoms with van der Waals surface area (Å²) in [5, 5.41) is 2.84. The first-order valence-corrected chi connectivity index (χ1v) is 7.48. The van der Waals surface area contributed by atoms with Crippen LogP contribution in [0.15, 0.2) is 18.2 Å². The number of carbonyl (C=O) groups is 1. The number of hydrogen-bond donors (Lipinski definition) is 2. The van der Waals surface area contributed by atoms with Gasteiger partial charge in [-0.3, -0.25) is 4.79 Å². The van der Waals surface area contributed by atoms with Gasteiger partial charge >= 0.3 is 0 Å². The Kier molecular flexibility index (Phi) is 5.41. The van der Waals surface area contributed by atoms with Gasteiger partial charge in [0.05, 0.1) is 0 Å². The molecule has 0 unspecified atom stereocenters. The molecule has 0 spiro atoms. The number of nitrogens with one attached hydrogen (secondary N) is 1. The number of ether oxygens (including phenoxy) is 1. The molecule has 20 heavy (non-hydrogen) atoms. The Hall–Kier alpha value is -1.55. The molecule has 1 atom stereocenters. The van der Waals surface area contributed by atoms with Gasteiger partial charge in [0.15, 0.2) is 6.61 Å². The maximum Gasteiger partial charge on any atom is 0.257 e. The number of unbranched alkanes of at least 4 members (excludes halogenated alkanes) is 1. The fraction of sp³-hybridized carbons (Fsp3) is 0.562. The summed E-state index contributed by atoms with van der Waals surface area (Å²) in [6.45, 7) is 2.88. The number of hydrogen-bond acceptors (Lipinski definition) is 3. The lowest BCUT2D eigenvalue weighted by atomic mass is 9.88. The molecule has 4 nitrogen and oxygen atoms in total. The zero-order chi connectivity index (χ0) is 14.4. The number of amides is 1. The largest absolute Gasteiger partial charge is 0.484 e. The maximum absolute atomic E-state index is 11.6. The molecule has 0 bridgehead atoms. The van der Waals surface area contributed by atoms with E-state index in [1.807, 2.05) is 12.1 Å². The van der Waals surface area contributed by atoms with Crippen LogP contribution in [0.4, 0.5) is 0 Å². The zero-order valence-electron chi connectivity index (χ0n) is 12.2. The van der Waals surface area contributed by atoms with Crippen LogP contribution in [0, 0.1) is 0 Å². The number of carbonyl (C=O) groups excluding carboxylic acids is 1. The third-order valence-electron chi connectivity index (χ3n) is 3.70. The average Bonchev–Trinajstić information content (AvgIpc) is 2.46. The van der Waals surface area contributed by atoms with Gasteiger partial charge in [-0.25, -0.2) is 0 Å². The minimum atomic E-state index is -0.0690. The number of fused-ring (bicyclic) bond motifs is 1. The Labute approximate surface area is 120 Å². The Morgan fingerprint density at radius 2 is 2.35 bits per heavy atom. The SMILES string of the molecule is CCCCNC(=O)COc1ccc2c(c1)[C@H](N)CCC2. The molecule has 0 fully saturated rings. The van der Waals surface area contributed by atoms with Crippen LogP contribution in [0.5, 0.6) is 5.75 Å². The number of aryl methyl sites for hydroxylation is 1. The van der Waals surface area contributed by atoms with E-state index in [-0.39, 0.29) is 18.6 Å². The summed E-state index contributed by atoms with van der Waals surface area (Å²) in [7, 11) is 0. The Morgan fingerprint density at radius 1 is 1.50 bits per heavy atom. The second kappa shape index (κ2) is 7.29. The molecule has 1 aromatic carbocycles. The Balaban J connectivity index is 1.87.